The van der Waals surface area contributed by atoms with Crippen LogP contribution in [0.4, 0.5) is 5.69 Å². The SMILES string of the molecule is COc1ccc(C(=O)Nc2ccc(S(=O)(=O)N3CCCCC3C)cc2)cc1C. The highest BCUT2D eigenvalue weighted by atomic mass is 32.2. The van der Waals surface area contributed by atoms with Crippen molar-refractivity contribution in [2.24, 2.45) is 0 Å². The number of ether oxygens (including phenoxy) is 1. The zero-order chi connectivity index (χ0) is 20.3. The Kier molecular flexibility index (Phi) is 6.05. The minimum absolute atomic E-state index is 0.0106. The monoisotopic (exact) mass is 402 g/mol. The van der Waals surface area contributed by atoms with Gasteiger partial charge in [-0.1, -0.05) is 6.42 Å². The van der Waals surface area contributed by atoms with E-state index in [0.29, 0.717) is 17.8 Å². The molecule has 0 aliphatic carbocycles. The summed E-state index contributed by atoms with van der Waals surface area (Å²) in [6, 6.07) is 11.5. The van der Waals surface area contributed by atoms with Gasteiger partial charge in [-0.15, -0.1) is 0 Å². The molecule has 7 heteroatoms. The van der Waals surface area contributed by atoms with Gasteiger partial charge in [0.1, 0.15) is 5.75 Å². The number of carbonyl (C=O) groups excluding carboxylic acids is 1. The summed E-state index contributed by atoms with van der Waals surface area (Å²) in [6.07, 6.45) is 2.83. The van der Waals surface area contributed by atoms with Gasteiger partial charge in [0.2, 0.25) is 10.0 Å². The number of sulfonamides is 1. The number of hydrogen-bond acceptors (Lipinski definition) is 4. The Morgan fingerprint density at radius 3 is 2.46 bits per heavy atom. The lowest BCUT2D eigenvalue weighted by molar-refractivity contribution is 0.102. The number of nitrogens with one attached hydrogen (secondary N) is 1. The Hall–Kier alpha value is -2.38. The van der Waals surface area contributed by atoms with E-state index in [2.05, 4.69) is 5.32 Å². The standard InChI is InChI=1S/C21H26N2O4S/c1-15-14-17(7-12-20(15)27-3)21(24)22-18-8-10-19(11-9-18)28(25,26)23-13-5-4-6-16(23)2/h7-12,14,16H,4-6,13H2,1-3H3,(H,22,24). The van der Waals surface area contributed by atoms with Crippen LogP contribution in [0.25, 0.3) is 0 Å². The van der Waals surface area contributed by atoms with Crippen LogP contribution in [0.15, 0.2) is 47.4 Å². The summed E-state index contributed by atoms with van der Waals surface area (Å²) >= 11 is 0. The molecular weight excluding hydrogens is 376 g/mol. The second-order valence-corrected chi connectivity index (χ2v) is 9.01. The van der Waals surface area contributed by atoms with Crippen LogP contribution in [-0.4, -0.2) is 38.3 Å². The Morgan fingerprint density at radius 1 is 1.14 bits per heavy atom. The topological polar surface area (TPSA) is 75.7 Å². The van der Waals surface area contributed by atoms with E-state index in [1.165, 1.54) is 0 Å². The van der Waals surface area contributed by atoms with E-state index in [4.69, 9.17) is 4.74 Å². The summed E-state index contributed by atoms with van der Waals surface area (Å²) in [6.45, 7) is 4.37. The molecule has 1 amide bonds. The van der Waals surface area contributed by atoms with Gasteiger partial charge in [-0.3, -0.25) is 4.79 Å². The van der Waals surface area contributed by atoms with Gasteiger partial charge >= 0.3 is 0 Å². The molecule has 2 aromatic carbocycles. The van der Waals surface area contributed by atoms with Crippen molar-refractivity contribution in [3.63, 3.8) is 0 Å². The molecule has 1 aliphatic heterocycles. The largest absolute Gasteiger partial charge is 0.496 e. The van der Waals surface area contributed by atoms with Crippen LogP contribution in [0, 0.1) is 6.92 Å². The summed E-state index contributed by atoms with van der Waals surface area (Å²) in [7, 11) is -1.93. The molecular formula is C21H26N2O4S. The summed E-state index contributed by atoms with van der Waals surface area (Å²) in [5.41, 5.74) is 1.92. The fraction of sp³-hybridized carbons (Fsp3) is 0.381. The van der Waals surface area contributed by atoms with Crippen molar-refractivity contribution in [3.05, 3.63) is 53.6 Å². The van der Waals surface area contributed by atoms with E-state index in [0.717, 1.165) is 30.6 Å². The van der Waals surface area contributed by atoms with Crippen LogP contribution < -0.4 is 10.1 Å². The van der Waals surface area contributed by atoms with Gasteiger partial charge in [-0.25, -0.2) is 8.42 Å². The second kappa shape index (κ2) is 8.32. The molecule has 0 spiro atoms. The van der Waals surface area contributed by atoms with Crippen molar-refractivity contribution < 1.29 is 17.9 Å². The van der Waals surface area contributed by atoms with Crippen LogP contribution in [0.2, 0.25) is 0 Å². The van der Waals surface area contributed by atoms with Crippen molar-refractivity contribution in [3.8, 4) is 5.75 Å². The van der Waals surface area contributed by atoms with Crippen molar-refractivity contribution in [1.29, 1.82) is 0 Å². The predicted molar refractivity (Wildman–Crippen MR) is 109 cm³/mol. The number of methoxy groups -OCH3 is 1. The van der Waals surface area contributed by atoms with E-state index in [1.807, 2.05) is 13.8 Å². The number of nitrogens with zero attached hydrogens (tertiary/aromatic N) is 1. The fourth-order valence-corrected chi connectivity index (χ4v) is 5.20. The molecule has 0 bridgehead atoms. The molecule has 0 radical (unpaired) electrons. The molecule has 1 unspecified atom stereocenters. The smallest absolute Gasteiger partial charge is 0.255 e. The van der Waals surface area contributed by atoms with Crippen LogP contribution in [-0.2, 0) is 10.0 Å². The van der Waals surface area contributed by atoms with E-state index in [-0.39, 0.29) is 16.8 Å². The average Bonchev–Trinajstić information content (AvgIpc) is 2.68. The lowest BCUT2D eigenvalue weighted by Crippen LogP contribution is -2.41. The molecule has 6 nitrogen and oxygen atoms in total. The molecule has 3 rings (SSSR count). The number of carbonyl (C=O) groups is 1. The Labute approximate surface area is 166 Å². The van der Waals surface area contributed by atoms with Crippen molar-refractivity contribution in [1.82, 2.24) is 4.31 Å². The van der Waals surface area contributed by atoms with Gasteiger partial charge in [0.25, 0.3) is 5.91 Å². The second-order valence-electron chi connectivity index (χ2n) is 7.12. The zero-order valence-electron chi connectivity index (χ0n) is 16.4. The number of anilines is 1. The molecule has 2 aromatic rings. The third kappa shape index (κ3) is 4.20. The Bertz CT molecular complexity index is 955. The first-order valence-electron chi connectivity index (χ1n) is 9.41. The lowest BCUT2D eigenvalue weighted by Gasteiger charge is -2.32. The first-order chi connectivity index (χ1) is 13.3. The summed E-state index contributed by atoms with van der Waals surface area (Å²) in [4.78, 5) is 12.7. The van der Waals surface area contributed by atoms with Crippen LogP contribution >= 0.6 is 0 Å². The molecule has 150 valence electrons. The fourth-order valence-electron chi connectivity index (χ4n) is 3.50. The molecule has 28 heavy (non-hydrogen) atoms. The van der Waals surface area contributed by atoms with Gasteiger partial charge in [-0.05, 0) is 74.7 Å². The van der Waals surface area contributed by atoms with Gasteiger partial charge in [0.15, 0.2) is 0 Å². The zero-order valence-corrected chi connectivity index (χ0v) is 17.3. The highest BCUT2D eigenvalue weighted by Crippen LogP contribution is 2.26. The summed E-state index contributed by atoms with van der Waals surface area (Å²) in [5, 5.41) is 2.80. The number of benzene rings is 2. The Morgan fingerprint density at radius 2 is 1.86 bits per heavy atom. The molecule has 1 aliphatic rings. The third-order valence-electron chi connectivity index (χ3n) is 5.12. The van der Waals surface area contributed by atoms with Gasteiger partial charge in [0.05, 0.1) is 12.0 Å². The molecule has 1 saturated heterocycles. The maximum absolute atomic E-state index is 12.9. The molecule has 0 aromatic heterocycles. The van der Waals surface area contributed by atoms with E-state index < -0.39 is 10.0 Å². The summed E-state index contributed by atoms with van der Waals surface area (Å²) < 4.78 is 32.5. The number of piperidine rings is 1. The highest BCUT2D eigenvalue weighted by molar-refractivity contribution is 7.89. The molecule has 1 N–H and O–H groups in total. The van der Waals surface area contributed by atoms with Gasteiger partial charge in [0, 0.05) is 23.8 Å². The number of aryl methyl sites for hydroxylation is 1. The first-order valence-corrected chi connectivity index (χ1v) is 10.8. The minimum Gasteiger partial charge on any atom is -0.496 e. The third-order valence-corrected chi connectivity index (χ3v) is 7.15. The van der Waals surface area contributed by atoms with Crippen molar-refractivity contribution >= 4 is 21.6 Å². The van der Waals surface area contributed by atoms with E-state index >= 15 is 0 Å². The van der Waals surface area contributed by atoms with Crippen LogP contribution in [0.3, 0.4) is 0 Å². The molecule has 1 atom stereocenters. The van der Waals surface area contributed by atoms with Crippen LogP contribution in [0.5, 0.6) is 5.75 Å². The maximum Gasteiger partial charge on any atom is 0.255 e. The predicted octanol–water partition coefficient (Wildman–Crippen LogP) is 3.82. The normalized spacial score (nSPS) is 17.9. The van der Waals surface area contributed by atoms with E-state index in [9.17, 15) is 13.2 Å². The van der Waals surface area contributed by atoms with E-state index in [1.54, 1.807) is 53.9 Å². The number of rotatable bonds is 5. The van der Waals surface area contributed by atoms with Crippen LogP contribution in [0.1, 0.15) is 42.1 Å². The van der Waals surface area contributed by atoms with Gasteiger partial charge < -0.3 is 10.1 Å². The Balaban J connectivity index is 1.74. The minimum atomic E-state index is -3.52. The molecule has 1 fully saturated rings. The molecule has 0 saturated carbocycles. The van der Waals surface area contributed by atoms with Crippen molar-refractivity contribution in [2.45, 2.75) is 44.0 Å². The van der Waals surface area contributed by atoms with Crippen molar-refractivity contribution in [2.75, 3.05) is 19.0 Å². The maximum atomic E-state index is 12.9. The number of amides is 1. The van der Waals surface area contributed by atoms with Gasteiger partial charge in [-0.2, -0.15) is 4.31 Å². The first kappa shape index (κ1) is 20.4. The lowest BCUT2D eigenvalue weighted by atomic mass is 10.1. The number of hydrogen-bond donors (Lipinski definition) is 1. The quantitative estimate of drug-likeness (QED) is 0.825. The highest BCUT2D eigenvalue weighted by Gasteiger charge is 2.30. The average molecular weight is 403 g/mol. The molecule has 1 heterocycles. The summed E-state index contributed by atoms with van der Waals surface area (Å²) in [5.74, 6) is 0.462.